The van der Waals surface area contributed by atoms with Gasteiger partial charge in [-0.05, 0) is 13.2 Å². The molecule has 1 aromatic heterocycles. The van der Waals surface area contributed by atoms with Gasteiger partial charge in [-0.25, -0.2) is 13.8 Å². The van der Waals surface area contributed by atoms with Crippen LogP contribution in [0.4, 0.5) is 8.78 Å². The van der Waals surface area contributed by atoms with E-state index in [0.29, 0.717) is 5.16 Å². The molecule has 0 saturated heterocycles. The van der Waals surface area contributed by atoms with Crippen LogP contribution in [0.1, 0.15) is 25.3 Å². The van der Waals surface area contributed by atoms with Crippen molar-refractivity contribution in [1.82, 2.24) is 9.97 Å². The third-order valence-electron chi connectivity index (χ3n) is 3.08. The number of ether oxygens (including phenoxy) is 1. The summed E-state index contributed by atoms with van der Waals surface area (Å²) in [6.45, 7) is 1.29. The first-order valence-corrected chi connectivity index (χ1v) is 7.08. The minimum Gasteiger partial charge on any atom is -0.470 e. The highest BCUT2D eigenvalue weighted by atomic mass is 32.2. The quantitative estimate of drug-likeness (QED) is 0.679. The van der Waals surface area contributed by atoms with Crippen molar-refractivity contribution in [1.29, 1.82) is 5.26 Å². The Hall–Kier alpha value is -1.46. The molecular formula is C12H13F2N3O2S. The first-order valence-electron chi connectivity index (χ1n) is 5.85. The zero-order valence-corrected chi connectivity index (χ0v) is 11.7. The Bertz CT molecular complexity index is 560. The van der Waals surface area contributed by atoms with E-state index in [4.69, 9.17) is 10.00 Å². The predicted molar refractivity (Wildman–Crippen MR) is 67.7 cm³/mol. The van der Waals surface area contributed by atoms with Gasteiger partial charge in [-0.1, -0.05) is 11.8 Å². The molecule has 1 saturated carbocycles. The lowest BCUT2D eigenvalue weighted by molar-refractivity contribution is -0.0408. The zero-order valence-electron chi connectivity index (χ0n) is 10.9. The number of aromatic nitrogens is 2. The molecule has 8 heteroatoms. The fourth-order valence-corrected chi connectivity index (χ4v) is 2.45. The maximum atomic E-state index is 13.4. The topological polar surface area (TPSA) is 79.0 Å². The molecule has 1 aromatic rings. The lowest BCUT2D eigenvalue weighted by atomic mass is 10.0. The van der Waals surface area contributed by atoms with E-state index in [1.165, 1.54) is 24.9 Å². The highest BCUT2D eigenvalue weighted by Crippen LogP contribution is 2.43. The molecule has 0 aliphatic heterocycles. The van der Waals surface area contributed by atoms with Gasteiger partial charge in [0.1, 0.15) is 23.3 Å². The number of hydrogen-bond donors (Lipinski definition) is 1. The van der Waals surface area contributed by atoms with Gasteiger partial charge < -0.3 is 9.84 Å². The van der Waals surface area contributed by atoms with Crippen LogP contribution in [0, 0.1) is 11.3 Å². The third kappa shape index (κ3) is 2.99. The van der Waals surface area contributed by atoms with Gasteiger partial charge in [0.25, 0.3) is 5.92 Å². The zero-order chi connectivity index (χ0) is 15.0. The molecule has 108 valence electrons. The molecule has 1 aliphatic rings. The second kappa shape index (κ2) is 5.14. The lowest BCUT2D eigenvalue weighted by Gasteiger charge is -2.25. The van der Waals surface area contributed by atoms with E-state index in [1.54, 1.807) is 6.26 Å². The maximum absolute atomic E-state index is 13.4. The lowest BCUT2D eigenvalue weighted by Crippen LogP contribution is -2.38. The Morgan fingerprint density at radius 2 is 2.30 bits per heavy atom. The van der Waals surface area contributed by atoms with Crippen molar-refractivity contribution in [2.24, 2.45) is 0 Å². The number of aliphatic hydroxyl groups is 1. The number of hydrogen-bond acceptors (Lipinski definition) is 6. The van der Waals surface area contributed by atoms with Gasteiger partial charge >= 0.3 is 0 Å². The van der Waals surface area contributed by atoms with Crippen molar-refractivity contribution >= 4 is 11.8 Å². The van der Waals surface area contributed by atoms with Gasteiger partial charge in [-0.3, -0.25) is 0 Å². The second-order valence-electron chi connectivity index (χ2n) is 4.89. The van der Waals surface area contributed by atoms with Crippen molar-refractivity contribution < 1.29 is 18.6 Å². The molecule has 1 aliphatic carbocycles. The molecule has 0 spiro atoms. The summed E-state index contributed by atoms with van der Waals surface area (Å²) in [6.07, 6.45) is 0.617. The van der Waals surface area contributed by atoms with Gasteiger partial charge in [0, 0.05) is 6.42 Å². The van der Waals surface area contributed by atoms with Crippen molar-refractivity contribution in [2.75, 3.05) is 6.26 Å². The van der Waals surface area contributed by atoms with Crippen LogP contribution in [-0.2, 0) is 0 Å². The van der Waals surface area contributed by atoms with E-state index in [1.807, 2.05) is 6.07 Å². The Morgan fingerprint density at radius 3 is 2.80 bits per heavy atom. The van der Waals surface area contributed by atoms with Crippen LogP contribution in [0.2, 0.25) is 0 Å². The van der Waals surface area contributed by atoms with Crippen molar-refractivity contribution in [3.63, 3.8) is 0 Å². The third-order valence-corrected chi connectivity index (χ3v) is 3.64. The summed E-state index contributed by atoms with van der Waals surface area (Å²) < 4.78 is 32.1. The molecule has 2 atom stereocenters. The molecule has 20 heavy (non-hydrogen) atoms. The fourth-order valence-electron chi connectivity index (χ4n) is 2.12. The Balaban J connectivity index is 2.28. The molecule has 5 nitrogen and oxygen atoms in total. The van der Waals surface area contributed by atoms with E-state index >= 15 is 0 Å². The van der Waals surface area contributed by atoms with E-state index in [9.17, 15) is 13.9 Å². The Labute approximate surface area is 119 Å². The molecule has 1 N–H and O–H groups in total. The van der Waals surface area contributed by atoms with Gasteiger partial charge in [-0.15, -0.1) is 0 Å². The smallest absolute Gasteiger partial charge is 0.254 e. The maximum Gasteiger partial charge on any atom is 0.254 e. The SMILES string of the molecule is CSc1ncc(C#N)c(OC2CC(F)(F)CC2(C)O)n1. The number of nitrogens with zero attached hydrogens (tertiary/aromatic N) is 3. The van der Waals surface area contributed by atoms with Crippen LogP contribution in [0.15, 0.2) is 11.4 Å². The summed E-state index contributed by atoms with van der Waals surface area (Å²) in [7, 11) is 0. The van der Waals surface area contributed by atoms with Crippen LogP contribution >= 0.6 is 11.8 Å². The van der Waals surface area contributed by atoms with E-state index in [2.05, 4.69) is 9.97 Å². The number of thioether (sulfide) groups is 1. The number of nitriles is 1. The fraction of sp³-hybridized carbons (Fsp3) is 0.583. The Kier molecular flexibility index (Phi) is 3.84. The minimum absolute atomic E-state index is 0.0498. The minimum atomic E-state index is -2.99. The van der Waals surface area contributed by atoms with Gasteiger partial charge in [0.2, 0.25) is 5.88 Å². The summed E-state index contributed by atoms with van der Waals surface area (Å²) in [5, 5.41) is 19.3. The first-order chi connectivity index (χ1) is 9.27. The van der Waals surface area contributed by atoms with E-state index in [-0.39, 0.29) is 11.4 Å². The molecular weight excluding hydrogens is 288 g/mol. The van der Waals surface area contributed by atoms with Crippen LogP contribution < -0.4 is 4.74 Å². The number of rotatable bonds is 3. The average molecular weight is 301 g/mol. The Morgan fingerprint density at radius 1 is 1.60 bits per heavy atom. The van der Waals surface area contributed by atoms with Gasteiger partial charge in [-0.2, -0.15) is 10.2 Å². The highest BCUT2D eigenvalue weighted by Gasteiger charge is 2.54. The summed E-state index contributed by atoms with van der Waals surface area (Å²) in [5.41, 5.74) is -1.62. The van der Waals surface area contributed by atoms with Gasteiger partial charge in [0.05, 0.1) is 12.6 Å². The molecule has 0 bridgehead atoms. The van der Waals surface area contributed by atoms with Crippen molar-refractivity contribution in [3.8, 4) is 11.9 Å². The van der Waals surface area contributed by atoms with E-state index in [0.717, 1.165) is 0 Å². The number of alkyl halides is 2. The summed E-state index contributed by atoms with van der Waals surface area (Å²) in [5.74, 6) is -3.06. The molecule has 1 heterocycles. The molecule has 0 aromatic carbocycles. The predicted octanol–water partition coefficient (Wildman–Crippen LogP) is 2.00. The van der Waals surface area contributed by atoms with Crippen LogP contribution in [0.25, 0.3) is 0 Å². The summed E-state index contributed by atoms with van der Waals surface area (Å²) >= 11 is 1.24. The number of halogens is 2. The summed E-state index contributed by atoms with van der Waals surface area (Å²) in [4.78, 5) is 7.90. The van der Waals surface area contributed by atoms with Crippen LogP contribution in [0.5, 0.6) is 5.88 Å². The standard InChI is InChI=1S/C12H13F2N3O2S/c1-11(18)6-12(13,14)3-8(11)19-9-7(4-15)5-16-10(17-9)20-2/h5,8,18H,3,6H2,1-2H3. The molecule has 0 radical (unpaired) electrons. The van der Waals surface area contributed by atoms with Crippen molar-refractivity contribution in [3.05, 3.63) is 11.8 Å². The normalized spacial score (nSPS) is 28.1. The molecule has 0 amide bonds. The van der Waals surface area contributed by atoms with Gasteiger partial charge in [0.15, 0.2) is 5.16 Å². The molecule has 2 rings (SSSR count). The highest BCUT2D eigenvalue weighted by molar-refractivity contribution is 7.98. The average Bonchev–Trinajstić information content (AvgIpc) is 2.57. The largest absolute Gasteiger partial charge is 0.470 e. The van der Waals surface area contributed by atoms with Crippen LogP contribution in [0.3, 0.4) is 0 Å². The van der Waals surface area contributed by atoms with Crippen molar-refractivity contribution in [2.45, 2.75) is 42.5 Å². The van der Waals surface area contributed by atoms with E-state index < -0.39 is 30.5 Å². The monoisotopic (exact) mass is 301 g/mol. The molecule has 2 unspecified atom stereocenters. The molecule has 1 fully saturated rings. The summed E-state index contributed by atoms with van der Waals surface area (Å²) in [6, 6.07) is 1.84. The first kappa shape index (κ1) is 14.9. The van der Waals surface area contributed by atoms with Crippen LogP contribution in [-0.4, -0.2) is 39.0 Å². The second-order valence-corrected chi connectivity index (χ2v) is 5.66.